The Hall–Kier alpha value is -1.90. The van der Waals surface area contributed by atoms with Crippen molar-refractivity contribution in [3.8, 4) is 0 Å². The molecule has 2 fully saturated rings. The van der Waals surface area contributed by atoms with Gasteiger partial charge in [0.2, 0.25) is 0 Å². The standard InChI is InChI=1S/C31H40.C4H10N2/c1-3-5-6-9-23-12-15-24(16-13-23)30-21-25-10-7-8-11-27(25)29-19-17-26-20-22(4-2)14-18-28(26)31(29)30;1-2-6-4-3-5-1/h7-8,10-11,17,19,21-24H,3-6,9,12-16,18,20H2,1-2H3;5-6H,1-4H2. The number of piperazine rings is 1. The third-order valence-electron chi connectivity index (χ3n) is 9.61. The van der Waals surface area contributed by atoms with Crippen molar-refractivity contribution in [2.75, 3.05) is 26.2 Å². The zero-order chi connectivity index (χ0) is 25.5. The van der Waals surface area contributed by atoms with Gasteiger partial charge in [0.05, 0.1) is 0 Å². The molecule has 2 aliphatic carbocycles. The number of nitrogens with one attached hydrogen (secondary N) is 2. The van der Waals surface area contributed by atoms with Crippen molar-refractivity contribution in [1.29, 1.82) is 0 Å². The predicted molar refractivity (Wildman–Crippen MR) is 162 cm³/mol. The van der Waals surface area contributed by atoms with Crippen LogP contribution in [0.4, 0.5) is 0 Å². The maximum absolute atomic E-state index is 3.22. The van der Waals surface area contributed by atoms with Gasteiger partial charge in [-0.1, -0.05) is 88.4 Å². The van der Waals surface area contributed by atoms with Gasteiger partial charge in [-0.3, -0.25) is 0 Å². The second kappa shape index (κ2) is 13.3. The van der Waals surface area contributed by atoms with E-state index < -0.39 is 0 Å². The normalized spacial score (nSPS) is 23.9. The van der Waals surface area contributed by atoms with Gasteiger partial charge in [-0.15, -0.1) is 0 Å². The average molecular weight is 499 g/mol. The summed E-state index contributed by atoms with van der Waals surface area (Å²) >= 11 is 0. The number of aryl methyl sites for hydroxylation is 1. The first kappa shape index (κ1) is 26.7. The van der Waals surface area contributed by atoms with Crippen LogP contribution in [0.2, 0.25) is 0 Å². The van der Waals surface area contributed by atoms with E-state index in [1.807, 2.05) is 0 Å². The third-order valence-corrected chi connectivity index (χ3v) is 9.61. The molecule has 2 heteroatoms. The zero-order valence-electron chi connectivity index (χ0n) is 23.6. The van der Waals surface area contributed by atoms with Gasteiger partial charge in [-0.25, -0.2) is 0 Å². The Morgan fingerprint density at radius 1 is 0.757 bits per heavy atom. The zero-order valence-corrected chi connectivity index (χ0v) is 23.6. The first-order valence-electron chi connectivity index (χ1n) is 15.7. The minimum Gasteiger partial charge on any atom is -0.314 e. The van der Waals surface area contributed by atoms with E-state index in [1.54, 1.807) is 22.1 Å². The van der Waals surface area contributed by atoms with Crippen LogP contribution in [-0.4, -0.2) is 26.2 Å². The molecule has 3 aromatic rings. The number of benzene rings is 3. The van der Waals surface area contributed by atoms with Crippen molar-refractivity contribution < 1.29 is 0 Å². The van der Waals surface area contributed by atoms with Crippen molar-refractivity contribution in [2.45, 2.75) is 96.8 Å². The lowest BCUT2D eigenvalue weighted by molar-refractivity contribution is 0.303. The van der Waals surface area contributed by atoms with Crippen molar-refractivity contribution in [3.05, 3.63) is 59.2 Å². The van der Waals surface area contributed by atoms with Crippen molar-refractivity contribution in [3.63, 3.8) is 0 Å². The van der Waals surface area contributed by atoms with Crippen LogP contribution in [0.15, 0.2) is 42.5 Å². The Labute approximate surface area is 226 Å². The van der Waals surface area contributed by atoms with Crippen LogP contribution in [0.3, 0.4) is 0 Å². The lowest BCUT2D eigenvalue weighted by atomic mass is 9.73. The van der Waals surface area contributed by atoms with E-state index in [9.17, 15) is 0 Å². The molecule has 1 saturated heterocycles. The molecule has 3 aliphatic rings. The van der Waals surface area contributed by atoms with Crippen LogP contribution >= 0.6 is 0 Å². The molecule has 0 amide bonds. The molecule has 1 heterocycles. The highest BCUT2D eigenvalue weighted by atomic mass is 15.0. The van der Waals surface area contributed by atoms with Gasteiger partial charge in [0.15, 0.2) is 0 Å². The fourth-order valence-corrected chi connectivity index (χ4v) is 7.31. The second-order valence-corrected chi connectivity index (χ2v) is 12.0. The number of unbranched alkanes of at least 4 members (excludes halogenated alkanes) is 2. The lowest BCUT2D eigenvalue weighted by Gasteiger charge is -2.32. The number of hydrogen-bond acceptors (Lipinski definition) is 2. The molecule has 0 spiro atoms. The summed E-state index contributed by atoms with van der Waals surface area (Å²) in [7, 11) is 0. The minimum absolute atomic E-state index is 0.755. The van der Waals surface area contributed by atoms with Gasteiger partial charge < -0.3 is 10.6 Å². The van der Waals surface area contributed by atoms with Gasteiger partial charge in [0.25, 0.3) is 0 Å². The van der Waals surface area contributed by atoms with E-state index in [2.05, 4.69) is 66.9 Å². The van der Waals surface area contributed by atoms with Gasteiger partial charge in [-0.2, -0.15) is 0 Å². The number of hydrogen-bond donors (Lipinski definition) is 2. The summed E-state index contributed by atoms with van der Waals surface area (Å²) in [5.74, 6) is 2.62. The number of fused-ring (bicyclic) bond motifs is 5. The van der Waals surface area contributed by atoms with E-state index in [0.29, 0.717) is 0 Å². The first-order chi connectivity index (χ1) is 18.3. The molecule has 1 unspecified atom stereocenters. The van der Waals surface area contributed by atoms with E-state index in [4.69, 9.17) is 0 Å². The Bertz CT molecular complexity index is 1130. The molecule has 6 rings (SSSR count). The second-order valence-electron chi connectivity index (χ2n) is 12.0. The van der Waals surface area contributed by atoms with Crippen LogP contribution < -0.4 is 10.6 Å². The molecular weight excluding hydrogens is 448 g/mol. The van der Waals surface area contributed by atoms with Crippen LogP contribution in [0.1, 0.15) is 101 Å². The van der Waals surface area contributed by atoms with Crippen molar-refractivity contribution in [2.24, 2.45) is 11.8 Å². The van der Waals surface area contributed by atoms with E-state index in [0.717, 1.165) is 43.9 Å². The SMILES string of the molecule is C1CNCCN1.CCCCCC1CCC(c2cc3ccccc3c3ccc4c(c23)CCC(CC)C4)CC1. The molecule has 1 saturated carbocycles. The summed E-state index contributed by atoms with van der Waals surface area (Å²) in [6.45, 7) is 9.25. The van der Waals surface area contributed by atoms with Crippen molar-refractivity contribution >= 4 is 21.5 Å². The Morgan fingerprint density at radius 2 is 1.51 bits per heavy atom. The first-order valence-corrected chi connectivity index (χ1v) is 15.7. The maximum Gasteiger partial charge on any atom is 0.00772 e. The molecule has 0 radical (unpaired) electrons. The van der Waals surface area contributed by atoms with E-state index >= 15 is 0 Å². The Morgan fingerprint density at radius 3 is 2.22 bits per heavy atom. The molecule has 1 atom stereocenters. The smallest absolute Gasteiger partial charge is 0.00772 e. The molecule has 0 bridgehead atoms. The van der Waals surface area contributed by atoms with E-state index in [-0.39, 0.29) is 0 Å². The maximum atomic E-state index is 3.22. The number of rotatable bonds is 6. The quantitative estimate of drug-likeness (QED) is 0.263. The van der Waals surface area contributed by atoms with Crippen LogP contribution in [0.5, 0.6) is 0 Å². The molecule has 3 aromatic carbocycles. The molecule has 200 valence electrons. The Kier molecular flexibility index (Phi) is 9.56. The summed E-state index contributed by atoms with van der Waals surface area (Å²) in [5, 5.41) is 12.5. The van der Waals surface area contributed by atoms with Gasteiger partial charge in [0.1, 0.15) is 0 Å². The fraction of sp³-hybridized carbons (Fsp3) is 0.600. The van der Waals surface area contributed by atoms with Gasteiger partial charge in [0, 0.05) is 26.2 Å². The summed E-state index contributed by atoms with van der Waals surface area (Å²) in [4.78, 5) is 0. The highest BCUT2D eigenvalue weighted by Gasteiger charge is 2.27. The topological polar surface area (TPSA) is 24.1 Å². The monoisotopic (exact) mass is 498 g/mol. The summed E-state index contributed by atoms with van der Waals surface area (Å²) in [5.41, 5.74) is 5.04. The molecule has 2 nitrogen and oxygen atoms in total. The third kappa shape index (κ3) is 6.40. The molecule has 2 N–H and O–H groups in total. The summed E-state index contributed by atoms with van der Waals surface area (Å²) < 4.78 is 0. The molecule has 37 heavy (non-hydrogen) atoms. The average Bonchev–Trinajstić information content (AvgIpc) is 2.98. The largest absolute Gasteiger partial charge is 0.314 e. The predicted octanol–water partition coefficient (Wildman–Crippen LogP) is 8.54. The van der Waals surface area contributed by atoms with Crippen LogP contribution in [0, 0.1) is 11.8 Å². The highest BCUT2D eigenvalue weighted by Crippen LogP contribution is 2.45. The molecule has 1 aliphatic heterocycles. The van der Waals surface area contributed by atoms with Crippen LogP contribution in [0.25, 0.3) is 21.5 Å². The lowest BCUT2D eigenvalue weighted by Crippen LogP contribution is -2.39. The molecular formula is C35H50N2. The van der Waals surface area contributed by atoms with Crippen molar-refractivity contribution in [1.82, 2.24) is 10.6 Å². The highest BCUT2D eigenvalue weighted by molar-refractivity contribution is 6.10. The molecule has 0 aromatic heterocycles. The summed E-state index contributed by atoms with van der Waals surface area (Å²) in [6, 6.07) is 16.6. The fourth-order valence-electron chi connectivity index (χ4n) is 7.31. The minimum atomic E-state index is 0.755. The van der Waals surface area contributed by atoms with Gasteiger partial charge >= 0.3 is 0 Å². The Balaban J connectivity index is 0.000000412. The van der Waals surface area contributed by atoms with Crippen LogP contribution in [-0.2, 0) is 12.8 Å². The summed E-state index contributed by atoms with van der Waals surface area (Å²) in [6.07, 6.45) is 16.6. The van der Waals surface area contributed by atoms with Gasteiger partial charge in [-0.05, 0) is 101 Å². The van der Waals surface area contributed by atoms with E-state index in [1.165, 1.54) is 93.2 Å².